The fourth-order valence-corrected chi connectivity index (χ4v) is 4.37. The van der Waals surface area contributed by atoms with Crippen LogP contribution in [-0.4, -0.2) is 36.9 Å². The third kappa shape index (κ3) is 3.40. The second-order valence-corrected chi connectivity index (χ2v) is 7.92. The lowest BCUT2D eigenvalue weighted by Crippen LogP contribution is -2.39. The largest absolute Gasteiger partial charge is 0.496 e. The SMILES string of the molecule is COc1ccccc1C1=C(N2CCCC(C)C2)C(=O)N(c2ccccc2Cl)C1=O. The van der Waals surface area contributed by atoms with E-state index in [0.717, 1.165) is 25.9 Å². The average molecular weight is 411 g/mol. The Balaban J connectivity index is 1.89. The summed E-state index contributed by atoms with van der Waals surface area (Å²) in [6.45, 7) is 3.65. The molecule has 1 atom stereocenters. The van der Waals surface area contributed by atoms with Crippen molar-refractivity contribution in [3.05, 3.63) is 64.8 Å². The minimum absolute atomic E-state index is 0.335. The number of imide groups is 1. The molecule has 0 radical (unpaired) electrons. The maximum Gasteiger partial charge on any atom is 0.282 e. The summed E-state index contributed by atoms with van der Waals surface area (Å²) in [5.74, 6) is 0.304. The van der Waals surface area contributed by atoms with E-state index in [1.54, 1.807) is 37.4 Å². The molecule has 150 valence electrons. The number of rotatable bonds is 4. The summed E-state index contributed by atoms with van der Waals surface area (Å²) in [7, 11) is 1.56. The number of carbonyl (C=O) groups is 2. The first kappa shape index (κ1) is 19.5. The molecule has 0 aliphatic carbocycles. The van der Waals surface area contributed by atoms with E-state index >= 15 is 0 Å². The van der Waals surface area contributed by atoms with Crippen LogP contribution in [0, 0.1) is 5.92 Å². The average Bonchev–Trinajstić information content (AvgIpc) is 2.98. The second-order valence-electron chi connectivity index (χ2n) is 7.51. The van der Waals surface area contributed by atoms with Crippen LogP contribution in [0.4, 0.5) is 5.69 Å². The summed E-state index contributed by atoms with van der Waals surface area (Å²) >= 11 is 6.34. The van der Waals surface area contributed by atoms with Gasteiger partial charge in [-0.05, 0) is 37.0 Å². The molecule has 0 N–H and O–H groups in total. The molecule has 2 heterocycles. The maximum atomic E-state index is 13.6. The fourth-order valence-electron chi connectivity index (χ4n) is 4.15. The Morgan fingerprint density at radius 3 is 2.48 bits per heavy atom. The van der Waals surface area contributed by atoms with Crippen molar-refractivity contribution < 1.29 is 14.3 Å². The maximum absolute atomic E-state index is 13.6. The van der Waals surface area contributed by atoms with Crippen LogP contribution in [0.1, 0.15) is 25.3 Å². The molecule has 2 aliphatic heterocycles. The normalized spacial score (nSPS) is 19.9. The number of ether oxygens (including phenoxy) is 1. The van der Waals surface area contributed by atoms with Gasteiger partial charge >= 0.3 is 0 Å². The molecule has 1 fully saturated rings. The smallest absolute Gasteiger partial charge is 0.282 e. The van der Waals surface area contributed by atoms with Crippen molar-refractivity contribution in [2.75, 3.05) is 25.1 Å². The molecule has 0 saturated carbocycles. The van der Waals surface area contributed by atoms with Gasteiger partial charge in [0.15, 0.2) is 0 Å². The molecule has 0 spiro atoms. The Morgan fingerprint density at radius 2 is 1.76 bits per heavy atom. The summed E-state index contributed by atoms with van der Waals surface area (Å²) in [6.07, 6.45) is 2.10. The van der Waals surface area contributed by atoms with Crippen LogP contribution in [0.2, 0.25) is 5.02 Å². The highest BCUT2D eigenvalue weighted by molar-refractivity contribution is 6.47. The Labute approximate surface area is 175 Å². The number of hydrogen-bond donors (Lipinski definition) is 0. The Kier molecular flexibility index (Phi) is 5.33. The predicted octanol–water partition coefficient (Wildman–Crippen LogP) is 4.37. The van der Waals surface area contributed by atoms with E-state index < -0.39 is 0 Å². The summed E-state index contributed by atoms with van der Waals surface area (Å²) in [4.78, 5) is 30.4. The first-order valence-corrected chi connectivity index (χ1v) is 10.2. The molecule has 0 bridgehead atoms. The summed E-state index contributed by atoms with van der Waals surface area (Å²) < 4.78 is 5.50. The second kappa shape index (κ2) is 7.91. The number of hydrogen-bond acceptors (Lipinski definition) is 4. The van der Waals surface area contributed by atoms with Gasteiger partial charge in [-0.1, -0.05) is 48.9 Å². The molecule has 6 heteroatoms. The molecule has 2 aromatic carbocycles. The van der Waals surface area contributed by atoms with Gasteiger partial charge in [-0.2, -0.15) is 0 Å². The van der Waals surface area contributed by atoms with Crippen molar-refractivity contribution in [3.63, 3.8) is 0 Å². The lowest BCUT2D eigenvalue weighted by Gasteiger charge is -2.33. The van der Waals surface area contributed by atoms with E-state index in [0.29, 0.717) is 39.2 Å². The zero-order valence-corrected chi connectivity index (χ0v) is 17.3. The molecule has 29 heavy (non-hydrogen) atoms. The van der Waals surface area contributed by atoms with Crippen molar-refractivity contribution in [2.24, 2.45) is 5.92 Å². The zero-order chi connectivity index (χ0) is 20.5. The lowest BCUT2D eigenvalue weighted by atomic mass is 9.97. The molecule has 1 unspecified atom stereocenters. The number of halogens is 1. The van der Waals surface area contributed by atoms with E-state index in [4.69, 9.17) is 16.3 Å². The minimum Gasteiger partial charge on any atom is -0.496 e. The quantitative estimate of drug-likeness (QED) is 0.702. The zero-order valence-electron chi connectivity index (χ0n) is 16.5. The summed E-state index contributed by atoms with van der Waals surface area (Å²) in [6, 6.07) is 14.2. The molecular weight excluding hydrogens is 388 g/mol. The van der Waals surface area contributed by atoms with Gasteiger partial charge in [0, 0.05) is 18.7 Å². The van der Waals surface area contributed by atoms with E-state index in [1.165, 1.54) is 4.90 Å². The van der Waals surface area contributed by atoms with Gasteiger partial charge in [-0.3, -0.25) is 9.59 Å². The van der Waals surface area contributed by atoms with E-state index in [2.05, 4.69) is 6.92 Å². The van der Waals surface area contributed by atoms with Crippen LogP contribution in [-0.2, 0) is 9.59 Å². The van der Waals surface area contributed by atoms with Crippen molar-refractivity contribution in [3.8, 4) is 5.75 Å². The van der Waals surface area contributed by atoms with Gasteiger partial charge in [0.05, 0.1) is 23.4 Å². The number of amides is 2. The van der Waals surface area contributed by atoms with Crippen LogP contribution in [0.15, 0.2) is 54.2 Å². The number of para-hydroxylation sites is 2. The van der Waals surface area contributed by atoms with Crippen molar-refractivity contribution in [1.82, 2.24) is 4.90 Å². The number of methoxy groups -OCH3 is 1. The molecule has 4 rings (SSSR count). The third-order valence-electron chi connectivity index (χ3n) is 5.50. The van der Waals surface area contributed by atoms with Crippen molar-refractivity contribution in [2.45, 2.75) is 19.8 Å². The van der Waals surface area contributed by atoms with Gasteiger partial charge < -0.3 is 9.64 Å². The first-order valence-electron chi connectivity index (χ1n) is 9.79. The fraction of sp³-hybridized carbons (Fsp3) is 0.304. The number of anilines is 1. The Morgan fingerprint density at radius 1 is 1.03 bits per heavy atom. The van der Waals surface area contributed by atoms with Gasteiger partial charge in [-0.25, -0.2) is 4.90 Å². The third-order valence-corrected chi connectivity index (χ3v) is 5.82. The number of nitrogens with zero attached hydrogens (tertiary/aromatic N) is 2. The van der Waals surface area contributed by atoms with Crippen molar-refractivity contribution >= 4 is 34.7 Å². The van der Waals surface area contributed by atoms with Crippen molar-refractivity contribution in [1.29, 1.82) is 0 Å². The number of likely N-dealkylation sites (tertiary alicyclic amines) is 1. The molecule has 1 saturated heterocycles. The van der Waals surface area contributed by atoms with E-state index in [-0.39, 0.29) is 11.8 Å². The molecular formula is C23H23ClN2O3. The standard InChI is InChI=1S/C23H23ClN2O3/c1-15-8-7-13-25(14-15)21-20(16-9-3-6-12-19(16)29-2)22(27)26(23(21)28)18-11-5-4-10-17(18)24/h3-6,9-12,15H,7-8,13-14H2,1-2H3. The Hall–Kier alpha value is -2.79. The predicted molar refractivity (Wildman–Crippen MR) is 114 cm³/mol. The number of benzene rings is 2. The number of piperidine rings is 1. The van der Waals surface area contributed by atoms with Gasteiger partial charge in [0.1, 0.15) is 11.4 Å². The highest BCUT2D eigenvalue weighted by Crippen LogP contribution is 2.40. The monoisotopic (exact) mass is 410 g/mol. The van der Waals surface area contributed by atoms with Gasteiger partial charge in [0.2, 0.25) is 0 Å². The summed E-state index contributed by atoms with van der Waals surface area (Å²) in [5.41, 5.74) is 1.83. The molecule has 2 amide bonds. The van der Waals surface area contributed by atoms with Crippen LogP contribution in [0.5, 0.6) is 5.75 Å². The highest BCUT2D eigenvalue weighted by atomic mass is 35.5. The van der Waals surface area contributed by atoms with Crippen LogP contribution in [0.25, 0.3) is 5.57 Å². The summed E-state index contributed by atoms with van der Waals surface area (Å²) in [5, 5.41) is 0.363. The van der Waals surface area contributed by atoms with E-state index in [9.17, 15) is 9.59 Å². The number of carbonyl (C=O) groups excluding carboxylic acids is 2. The minimum atomic E-state index is -0.374. The van der Waals surface area contributed by atoms with Crippen LogP contribution in [0.3, 0.4) is 0 Å². The molecule has 0 aromatic heterocycles. The molecule has 2 aromatic rings. The molecule has 2 aliphatic rings. The first-order chi connectivity index (χ1) is 14.0. The molecule has 5 nitrogen and oxygen atoms in total. The Bertz CT molecular complexity index is 1000. The van der Waals surface area contributed by atoms with Gasteiger partial charge in [0.25, 0.3) is 11.8 Å². The van der Waals surface area contributed by atoms with Gasteiger partial charge in [-0.15, -0.1) is 0 Å². The topological polar surface area (TPSA) is 49.9 Å². The van der Waals surface area contributed by atoms with Crippen LogP contribution < -0.4 is 9.64 Å². The lowest BCUT2D eigenvalue weighted by molar-refractivity contribution is -0.120. The van der Waals surface area contributed by atoms with Crippen LogP contribution >= 0.6 is 11.6 Å². The highest BCUT2D eigenvalue weighted by Gasteiger charge is 2.44. The van der Waals surface area contributed by atoms with E-state index in [1.807, 2.05) is 23.1 Å².